The zero-order valence-corrected chi connectivity index (χ0v) is 12.1. The fourth-order valence-electron chi connectivity index (χ4n) is 2.55. The van der Waals surface area contributed by atoms with Gasteiger partial charge in [-0.2, -0.15) is 0 Å². The predicted octanol–water partition coefficient (Wildman–Crippen LogP) is 2.03. The van der Waals surface area contributed by atoms with Crippen LogP contribution in [-0.2, 0) is 9.59 Å². The minimum Gasteiger partial charge on any atom is -0.481 e. The molecule has 0 spiro atoms. The molecule has 2 rings (SSSR count). The summed E-state index contributed by atoms with van der Waals surface area (Å²) in [6, 6.07) is 0. The van der Waals surface area contributed by atoms with Crippen LogP contribution in [0, 0.1) is 17.8 Å². The van der Waals surface area contributed by atoms with Gasteiger partial charge in [-0.3, -0.25) is 14.4 Å². The van der Waals surface area contributed by atoms with Crippen molar-refractivity contribution in [2.24, 2.45) is 17.8 Å². The van der Waals surface area contributed by atoms with Crippen molar-refractivity contribution in [1.29, 1.82) is 0 Å². The van der Waals surface area contributed by atoms with Gasteiger partial charge in [-0.1, -0.05) is 6.92 Å². The van der Waals surface area contributed by atoms with E-state index in [4.69, 9.17) is 5.11 Å². The van der Waals surface area contributed by atoms with Crippen molar-refractivity contribution < 1.29 is 19.5 Å². The fourth-order valence-corrected chi connectivity index (χ4v) is 3.30. The summed E-state index contributed by atoms with van der Waals surface area (Å²) in [5.41, 5.74) is 0.305. The summed E-state index contributed by atoms with van der Waals surface area (Å²) in [4.78, 5) is 38.5. The number of hydrogen-bond acceptors (Lipinski definition) is 5. The maximum absolute atomic E-state index is 12.2. The molecule has 7 heteroatoms. The Bertz CT molecular complexity index is 554. The monoisotopic (exact) mass is 296 g/mol. The van der Waals surface area contributed by atoms with E-state index >= 15 is 0 Å². The van der Waals surface area contributed by atoms with Crippen molar-refractivity contribution in [3.8, 4) is 0 Å². The second-order valence-corrected chi connectivity index (χ2v) is 6.07. The summed E-state index contributed by atoms with van der Waals surface area (Å²) < 4.78 is 0. The van der Waals surface area contributed by atoms with Gasteiger partial charge in [0.15, 0.2) is 10.9 Å². The van der Waals surface area contributed by atoms with E-state index < -0.39 is 17.8 Å². The lowest BCUT2D eigenvalue weighted by Gasteiger charge is -2.14. The summed E-state index contributed by atoms with van der Waals surface area (Å²) >= 11 is 1.16. The molecule has 0 radical (unpaired) electrons. The number of Topliss-reactive ketones (excluding diaryl/α,β-unsaturated/α-hetero) is 1. The molecule has 1 saturated carbocycles. The molecule has 1 aromatic rings. The van der Waals surface area contributed by atoms with Gasteiger partial charge in [0.25, 0.3) is 0 Å². The lowest BCUT2D eigenvalue weighted by Crippen LogP contribution is -2.29. The first-order chi connectivity index (χ1) is 9.38. The number of aromatic nitrogens is 1. The number of aliphatic carboxylic acids is 1. The van der Waals surface area contributed by atoms with Crippen LogP contribution in [0.3, 0.4) is 0 Å². The number of thiazole rings is 1. The number of anilines is 1. The Balaban J connectivity index is 2.07. The van der Waals surface area contributed by atoms with Crippen LogP contribution in [0.25, 0.3) is 0 Å². The van der Waals surface area contributed by atoms with Crippen LogP contribution in [0.15, 0.2) is 5.38 Å². The minimum absolute atomic E-state index is 0.167. The standard InChI is InChI=1S/C13H16N2O4S/c1-6-3-8(9(4-6)12(18)19)11(17)15-13-14-10(5-20-13)7(2)16/h5-6,8-9H,3-4H2,1-2H3,(H,18,19)(H,14,15,17). The minimum atomic E-state index is -0.932. The molecule has 1 fully saturated rings. The van der Waals surface area contributed by atoms with E-state index in [0.29, 0.717) is 23.7 Å². The first kappa shape index (κ1) is 14.6. The molecule has 20 heavy (non-hydrogen) atoms. The maximum Gasteiger partial charge on any atom is 0.307 e. The average molecular weight is 296 g/mol. The van der Waals surface area contributed by atoms with E-state index in [1.54, 1.807) is 5.38 Å². The van der Waals surface area contributed by atoms with Crippen LogP contribution in [-0.4, -0.2) is 27.8 Å². The van der Waals surface area contributed by atoms with Crippen molar-refractivity contribution >= 4 is 34.1 Å². The SMILES string of the molecule is CC(=O)c1csc(NC(=O)C2CC(C)CC2C(=O)O)n1. The van der Waals surface area contributed by atoms with Crippen LogP contribution in [0.1, 0.15) is 37.2 Å². The number of hydrogen-bond donors (Lipinski definition) is 2. The van der Waals surface area contributed by atoms with Crippen LogP contribution in [0.4, 0.5) is 5.13 Å². The Kier molecular flexibility index (Phi) is 4.17. The van der Waals surface area contributed by atoms with Crippen molar-refractivity contribution in [2.75, 3.05) is 5.32 Å². The quantitative estimate of drug-likeness (QED) is 0.829. The number of ketones is 1. The van der Waals surface area contributed by atoms with Gasteiger partial charge in [0.05, 0.1) is 11.8 Å². The summed E-state index contributed by atoms with van der Waals surface area (Å²) in [7, 11) is 0. The number of carboxylic acid groups (broad SMARTS) is 1. The van der Waals surface area contributed by atoms with Crippen LogP contribution in [0.2, 0.25) is 0 Å². The van der Waals surface area contributed by atoms with Gasteiger partial charge < -0.3 is 10.4 Å². The highest BCUT2D eigenvalue weighted by atomic mass is 32.1. The van der Waals surface area contributed by atoms with E-state index in [2.05, 4.69) is 10.3 Å². The number of carbonyl (C=O) groups is 3. The van der Waals surface area contributed by atoms with Crippen LogP contribution >= 0.6 is 11.3 Å². The molecule has 108 valence electrons. The second kappa shape index (κ2) is 5.70. The molecular formula is C13H16N2O4S. The van der Waals surface area contributed by atoms with E-state index in [1.807, 2.05) is 6.92 Å². The summed E-state index contributed by atoms with van der Waals surface area (Å²) in [6.45, 7) is 3.35. The molecule has 1 amide bonds. The van der Waals surface area contributed by atoms with Crippen molar-refractivity contribution in [2.45, 2.75) is 26.7 Å². The average Bonchev–Trinajstić information content (AvgIpc) is 2.95. The molecule has 0 saturated heterocycles. The molecule has 1 heterocycles. The van der Waals surface area contributed by atoms with E-state index in [1.165, 1.54) is 6.92 Å². The summed E-state index contributed by atoms with van der Waals surface area (Å²) in [5.74, 6) is -2.38. The van der Waals surface area contributed by atoms with Gasteiger partial charge in [0.1, 0.15) is 5.69 Å². The van der Waals surface area contributed by atoms with Crippen LogP contribution in [0.5, 0.6) is 0 Å². The van der Waals surface area contributed by atoms with Gasteiger partial charge in [0, 0.05) is 12.3 Å². The molecule has 6 nitrogen and oxygen atoms in total. The molecular weight excluding hydrogens is 280 g/mol. The number of rotatable bonds is 4. The van der Waals surface area contributed by atoms with Crippen molar-refractivity contribution in [1.82, 2.24) is 4.98 Å². The number of nitrogens with one attached hydrogen (secondary N) is 1. The molecule has 0 bridgehead atoms. The summed E-state index contributed by atoms with van der Waals surface area (Å²) in [6.07, 6.45) is 1.08. The zero-order chi connectivity index (χ0) is 14.9. The summed E-state index contributed by atoms with van der Waals surface area (Å²) in [5, 5.41) is 13.7. The van der Waals surface area contributed by atoms with Gasteiger partial charge in [-0.05, 0) is 18.8 Å². The number of nitrogens with zero attached hydrogens (tertiary/aromatic N) is 1. The third kappa shape index (κ3) is 3.04. The molecule has 2 N–H and O–H groups in total. The smallest absolute Gasteiger partial charge is 0.307 e. The fraction of sp³-hybridized carbons (Fsp3) is 0.538. The van der Waals surface area contributed by atoms with E-state index in [9.17, 15) is 14.4 Å². The lowest BCUT2D eigenvalue weighted by molar-refractivity contribution is -0.145. The maximum atomic E-state index is 12.2. The molecule has 1 aromatic heterocycles. The largest absolute Gasteiger partial charge is 0.481 e. The highest BCUT2D eigenvalue weighted by molar-refractivity contribution is 7.14. The Morgan fingerprint density at radius 1 is 1.35 bits per heavy atom. The number of carboxylic acids is 1. The van der Waals surface area contributed by atoms with Gasteiger partial charge >= 0.3 is 5.97 Å². The lowest BCUT2D eigenvalue weighted by atomic mass is 9.95. The third-order valence-corrected chi connectivity index (χ3v) is 4.31. The highest BCUT2D eigenvalue weighted by Crippen LogP contribution is 2.37. The number of carbonyl (C=O) groups excluding carboxylic acids is 2. The Labute approximate surface area is 120 Å². The second-order valence-electron chi connectivity index (χ2n) is 5.21. The van der Waals surface area contributed by atoms with Gasteiger partial charge in [-0.15, -0.1) is 11.3 Å². The molecule has 0 aromatic carbocycles. The molecule has 3 atom stereocenters. The predicted molar refractivity (Wildman–Crippen MR) is 73.8 cm³/mol. The normalized spacial score (nSPS) is 25.4. The van der Waals surface area contributed by atoms with Gasteiger partial charge in [-0.25, -0.2) is 4.98 Å². The highest BCUT2D eigenvalue weighted by Gasteiger charge is 2.41. The molecule has 0 aliphatic heterocycles. The zero-order valence-electron chi connectivity index (χ0n) is 11.3. The molecule has 3 unspecified atom stereocenters. The van der Waals surface area contributed by atoms with Crippen molar-refractivity contribution in [3.63, 3.8) is 0 Å². The molecule has 1 aliphatic rings. The van der Waals surface area contributed by atoms with E-state index in [-0.39, 0.29) is 17.6 Å². The topological polar surface area (TPSA) is 96.4 Å². The third-order valence-electron chi connectivity index (χ3n) is 3.55. The Morgan fingerprint density at radius 2 is 2.00 bits per heavy atom. The van der Waals surface area contributed by atoms with Crippen molar-refractivity contribution in [3.05, 3.63) is 11.1 Å². The number of amides is 1. The Morgan fingerprint density at radius 3 is 2.55 bits per heavy atom. The first-order valence-electron chi connectivity index (χ1n) is 6.38. The molecule has 1 aliphatic carbocycles. The van der Waals surface area contributed by atoms with E-state index in [0.717, 1.165) is 11.3 Å². The Hall–Kier alpha value is -1.76. The van der Waals surface area contributed by atoms with Gasteiger partial charge in [0.2, 0.25) is 5.91 Å². The first-order valence-corrected chi connectivity index (χ1v) is 7.26. The van der Waals surface area contributed by atoms with Crippen LogP contribution < -0.4 is 5.32 Å².